The maximum Gasteiger partial charge on any atom is 0.174 e. The average Bonchev–Trinajstić information content (AvgIpc) is 3.21. The van der Waals surface area contributed by atoms with Gasteiger partial charge in [-0.25, -0.2) is 4.99 Å². The molecule has 0 aliphatic heterocycles. The molecule has 1 N–H and O–H groups in total. The van der Waals surface area contributed by atoms with E-state index in [1.807, 2.05) is 84.9 Å². The monoisotopic (exact) mass is 383 g/mol. The maximum absolute atomic E-state index is 5.97. The molecule has 0 aliphatic rings. The molecule has 0 amide bonds. The van der Waals surface area contributed by atoms with Gasteiger partial charge in [-0.2, -0.15) is 5.10 Å². The Morgan fingerprint density at radius 1 is 0.857 bits per heavy atom. The zero-order valence-electron chi connectivity index (χ0n) is 15.1. The number of nitrogens with one attached hydrogen (secondary N) is 1. The molecule has 0 unspecified atom stereocenters. The van der Waals surface area contributed by atoms with Gasteiger partial charge in [0.15, 0.2) is 5.82 Å². The molecule has 0 atom stereocenters. The lowest BCUT2D eigenvalue weighted by Gasteiger charge is -2.01. The Kier molecular flexibility index (Phi) is 5.46. The predicted octanol–water partition coefficient (Wildman–Crippen LogP) is 6.56. The molecule has 1 heterocycles. The summed E-state index contributed by atoms with van der Waals surface area (Å²) in [6, 6.07) is 29.8. The molecule has 0 spiro atoms. The first-order valence-corrected chi connectivity index (χ1v) is 9.34. The second-order valence-electron chi connectivity index (χ2n) is 6.25. The predicted molar refractivity (Wildman–Crippen MR) is 117 cm³/mol. The van der Waals surface area contributed by atoms with Gasteiger partial charge >= 0.3 is 0 Å². The molecule has 0 aliphatic carbocycles. The van der Waals surface area contributed by atoms with Crippen molar-refractivity contribution in [2.24, 2.45) is 4.99 Å². The number of allylic oxidation sites excluding steroid dienone is 1. The van der Waals surface area contributed by atoms with Gasteiger partial charge < -0.3 is 0 Å². The van der Waals surface area contributed by atoms with Crippen molar-refractivity contribution < 1.29 is 0 Å². The summed E-state index contributed by atoms with van der Waals surface area (Å²) in [6.45, 7) is 0. The van der Waals surface area contributed by atoms with Gasteiger partial charge in [-0.3, -0.25) is 5.10 Å². The van der Waals surface area contributed by atoms with E-state index in [9.17, 15) is 0 Å². The number of nitrogens with zero attached hydrogens (tertiary/aromatic N) is 2. The van der Waals surface area contributed by atoms with Crippen molar-refractivity contribution in [1.29, 1.82) is 0 Å². The number of aliphatic imine (C=N–C) groups is 1. The molecule has 4 rings (SSSR count). The van der Waals surface area contributed by atoms with E-state index in [0.717, 1.165) is 28.1 Å². The first kappa shape index (κ1) is 18.0. The topological polar surface area (TPSA) is 41.0 Å². The number of H-pyrrole nitrogens is 1. The fraction of sp³-hybridized carbons (Fsp3) is 0. The van der Waals surface area contributed by atoms with Crippen LogP contribution in [0.2, 0.25) is 5.02 Å². The number of hydrogen-bond donors (Lipinski definition) is 1. The zero-order valence-corrected chi connectivity index (χ0v) is 15.8. The number of aromatic nitrogens is 2. The van der Waals surface area contributed by atoms with Crippen molar-refractivity contribution >= 4 is 29.2 Å². The number of rotatable bonds is 5. The van der Waals surface area contributed by atoms with Gasteiger partial charge in [-0.05, 0) is 29.3 Å². The summed E-state index contributed by atoms with van der Waals surface area (Å²) in [5.41, 5.74) is 4.91. The molecule has 0 fully saturated rings. The minimum atomic E-state index is 0.626. The summed E-state index contributed by atoms with van der Waals surface area (Å²) < 4.78 is 0. The van der Waals surface area contributed by atoms with E-state index in [2.05, 4.69) is 28.4 Å². The van der Waals surface area contributed by atoms with Crippen LogP contribution in [0.1, 0.15) is 11.1 Å². The molecule has 136 valence electrons. The van der Waals surface area contributed by atoms with Crippen LogP contribution in [0.5, 0.6) is 0 Å². The molecular formula is C24H18ClN3. The molecule has 3 nitrogen and oxygen atoms in total. The van der Waals surface area contributed by atoms with Crippen LogP contribution in [-0.4, -0.2) is 15.9 Å². The third-order valence-electron chi connectivity index (χ3n) is 4.26. The molecule has 0 radical (unpaired) electrons. The SMILES string of the molecule is Clc1ccc(-c2cc(N=C(/C=C/c3ccccc3)c3ccccc3)n[nH]2)cc1. The normalized spacial score (nSPS) is 11.8. The van der Waals surface area contributed by atoms with Crippen LogP contribution < -0.4 is 0 Å². The molecule has 0 bridgehead atoms. The quantitative estimate of drug-likeness (QED) is 0.389. The molecule has 4 aromatic rings. The number of halogens is 1. The highest BCUT2D eigenvalue weighted by Gasteiger charge is 2.05. The summed E-state index contributed by atoms with van der Waals surface area (Å²) in [5, 5.41) is 8.11. The lowest BCUT2D eigenvalue weighted by Crippen LogP contribution is -1.95. The van der Waals surface area contributed by atoms with Crippen molar-refractivity contribution in [1.82, 2.24) is 10.2 Å². The van der Waals surface area contributed by atoms with Gasteiger partial charge in [0.1, 0.15) is 0 Å². The summed E-state index contributed by atoms with van der Waals surface area (Å²) in [4.78, 5) is 4.77. The number of benzene rings is 3. The van der Waals surface area contributed by atoms with Gasteiger partial charge in [0, 0.05) is 16.7 Å². The lowest BCUT2D eigenvalue weighted by molar-refractivity contribution is 1.09. The third kappa shape index (κ3) is 4.45. The van der Waals surface area contributed by atoms with Crippen LogP contribution in [0.3, 0.4) is 0 Å². The van der Waals surface area contributed by atoms with Crippen molar-refractivity contribution in [2.75, 3.05) is 0 Å². The van der Waals surface area contributed by atoms with E-state index in [1.54, 1.807) is 0 Å². The Hall–Kier alpha value is -3.43. The molecule has 28 heavy (non-hydrogen) atoms. The van der Waals surface area contributed by atoms with Gasteiger partial charge in [-0.15, -0.1) is 0 Å². The van der Waals surface area contributed by atoms with Crippen molar-refractivity contribution in [3.8, 4) is 11.3 Å². The van der Waals surface area contributed by atoms with Crippen LogP contribution in [0, 0.1) is 0 Å². The van der Waals surface area contributed by atoms with Crippen molar-refractivity contribution in [3.05, 3.63) is 113 Å². The highest BCUT2D eigenvalue weighted by Crippen LogP contribution is 2.23. The zero-order chi connectivity index (χ0) is 19.2. The summed E-state index contributed by atoms with van der Waals surface area (Å²) in [5.74, 6) is 0.626. The molecule has 0 saturated heterocycles. The van der Waals surface area contributed by atoms with Gasteiger partial charge in [0.05, 0.1) is 11.4 Å². The highest BCUT2D eigenvalue weighted by molar-refractivity contribution is 6.30. The van der Waals surface area contributed by atoms with E-state index in [1.165, 1.54) is 0 Å². The Labute approximate surface area is 169 Å². The Balaban J connectivity index is 1.67. The molecule has 3 aromatic carbocycles. The number of hydrogen-bond acceptors (Lipinski definition) is 2. The number of aromatic amines is 1. The van der Waals surface area contributed by atoms with Gasteiger partial charge in [0.2, 0.25) is 0 Å². The van der Waals surface area contributed by atoms with Crippen LogP contribution in [0.4, 0.5) is 5.82 Å². The smallest absolute Gasteiger partial charge is 0.174 e. The molecule has 4 heteroatoms. The Bertz CT molecular complexity index is 1100. The summed E-state index contributed by atoms with van der Waals surface area (Å²) in [7, 11) is 0. The van der Waals surface area contributed by atoms with E-state index in [4.69, 9.17) is 16.6 Å². The van der Waals surface area contributed by atoms with Crippen LogP contribution >= 0.6 is 11.6 Å². The van der Waals surface area contributed by atoms with Crippen LogP contribution in [-0.2, 0) is 0 Å². The van der Waals surface area contributed by atoms with Crippen LogP contribution in [0.15, 0.2) is 102 Å². The third-order valence-corrected chi connectivity index (χ3v) is 4.51. The first-order chi connectivity index (χ1) is 13.8. The van der Waals surface area contributed by atoms with E-state index in [0.29, 0.717) is 10.8 Å². The average molecular weight is 384 g/mol. The van der Waals surface area contributed by atoms with Gasteiger partial charge in [0.25, 0.3) is 0 Å². The fourth-order valence-corrected chi connectivity index (χ4v) is 2.94. The minimum absolute atomic E-state index is 0.626. The Morgan fingerprint density at radius 3 is 2.25 bits per heavy atom. The second-order valence-corrected chi connectivity index (χ2v) is 6.69. The van der Waals surface area contributed by atoms with Crippen LogP contribution in [0.25, 0.3) is 17.3 Å². The van der Waals surface area contributed by atoms with Crippen molar-refractivity contribution in [2.45, 2.75) is 0 Å². The summed E-state index contributed by atoms with van der Waals surface area (Å²) in [6.07, 6.45) is 4.07. The van der Waals surface area contributed by atoms with Crippen molar-refractivity contribution in [3.63, 3.8) is 0 Å². The molecule has 0 saturated carbocycles. The van der Waals surface area contributed by atoms with E-state index in [-0.39, 0.29) is 0 Å². The second kappa shape index (κ2) is 8.51. The molecule has 1 aromatic heterocycles. The Morgan fingerprint density at radius 2 is 1.54 bits per heavy atom. The maximum atomic E-state index is 5.97. The standard InChI is InChI=1S/C24H18ClN3/c25-21-14-12-20(13-15-21)23-17-24(28-27-23)26-22(19-9-5-2-6-10-19)16-11-18-7-3-1-4-8-18/h1-17H,(H,27,28)/b16-11+,26-22?. The van der Waals surface area contributed by atoms with E-state index < -0.39 is 0 Å². The van der Waals surface area contributed by atoms with E-state index >= 15 is 0 Å². The summed E-state index contributed by atoms with van der Waals surface area (Å²) >= 11 is 5.97. The largest absolute Gasteiger partial charge is 0.276 e. The molecular weight excluding hydrogens is 366 g/mol. The minimum Gasteiger partial charge on any atom is -0.276 e. The lowest BCUT2D eigenvalue weighted by atomic mass is 10.1. The van der Waals surface area contributed by atoms with Gasteiger partial charge in [-0.1, -0.05) is 90.5 Å². The fourth-order valence-electron chi connectivity index (χ4n) is 2.82. The highest BCUT2D eigenvalue weighted by atomic mass is 35.5. The first-order valence-electron chi connectivity index (χ1n) is 8.96.